The number of nitrogens with one attached hydrogen (secondary N) is 2. The van der Waals surface area contributed by atoms with Crippen molar-refractivity contribution in [1.82, 2.24) is 25.6 Å². The molecule has 9 nitrogen and oxygen atoms in total. The number of pyridine rings is 1. The third-order valence-electron chi connectivity index (χ3n) is 7.98. The van der Waals surface area contributed by atoms with Crippen LogP contribution >= 0.6 is 11.6 Å². The zero-order valence-electron chi connectivity index (χ0n) is 22.3. The van der Waals surface area contributed by atoms with E-state index in [0.717, 1.165) is 18.9 Å². The standard InChI is InChI=1S/C27H28ClF4N7O2/c1-12-7-17(33)35-23(20(12)27(30,31)32)19-16(28)8-15-22(21(19)29)36-25(41-11-26(2)6-5-18(40)38-26)37-24(15)39-9-13-3-4-14(10-39)34-13/h7-8,13-14,34H,3-6,9-11H2,1-2H3,(H2,33,35)(H,38,40). The van der Waals surface area contributed by atoms with Crippen molar-refractivity contribution in [2.45, 2.75) is 63.3 Å². The van der Waals surface area contributed by atoms with Crippen molar-refractivity contribution >= 4 is 40.0 Å². The number of carbonyl (C=O) groups excluding carboxylic acids is 1. The maximum atomic E-state index is 16.4. The molecular formula is C27H28ClF4N7O2. The number of hydrogen-bond acceptors (Lipinski definition) is 8. The van der Waals surface area contributed by atoms with Gasteiger partial charge in [0.2, 0.25) is 5.91 Å². The molecule has 4 N–H and O–H groups in total. The lowest BCUT2D eigenvalue weighted by molar-refractivity contribution is -0.137. The third kappa shape index (κ3) is 5.09. The number of fused-ring (bicyclic) bond motifs is 3. The SMILES string of the molecule is Cc1cc(N)nc(-c2c(Cl)cc3c(N4CC5CCC(C4)N5)nc(OCC4(C)CCC(=O)N4)nc3c2F)c1C(F)(F)F. The van der Waals surface area contributed by atoms with Crippen LogP contribution in [0.5, 0.6) is 6.01 Å². The first kappa shape index (κ1) is 27.7. The minimum atomic E-state index is -4.85. The highest BCUT2D eigenvalue weighted by molar-refractivity contribution is 6.34. The highest BCUT2D eigenvalue weighted by Gasteiger charge is 2.40. The number of piperazine rings is 1. The lowest BCUT2D eigenvalue weighted by Crippen LogP contribution is -2.51. The predicted molar refractivity (Wildman–Crippen MR) is 145 cm³/mol. The summed E-state index contributed by atoms with van der Waals surface area (Å²) in [7, 11) is 0. The number of anilines is 2. The van der Waals surface area contributed by atoms with Crippen molar-refractivity contribution in [3.05, 3.63) is 34.1 Å². The van der Waals surface area contributed by atoms with E-state index < -0.39 is 34.4 Å². The van der Waals surface area contributed by atoms with Crippen molar-refractivity contribution in [3.63, 3.8) is 0 Å². The number of nitrogens with two attached hydrogens (primary N) is 1. The molecule has 0 spiro atoms. The van der Waals surface area contributed by atoms with Gasteiger partial charge in [-0.25, -0.2) is 9.37 Å². The first-order valence-corrected chi connectivity index (χ1v) is 13.7. The molecule has 218 valence electrons. The fourth-order valence-corrected chi connectivity index (χ4v) is 6.35. The number of hydrogen-bond donors (Lipinski definition) is 3. The third-order valence-corrected chi connectivity index (χ3v) is 8.28. The summed E-state index contributed by atoms with van der Waals surface area (Å²) in [5.41, 5.74) is 2.23. The number of nitrogen functional groups attached to an aromatic ring is 1. The van der Waals surface area contributed by atoms with E-state index in [-0.39, 0.29) is 57.9 Å². The second-order valence-corrected chi connectivity index (χ2v) is 11.7. The molecule has 0 radical (unpaired) electrons. The molecule has 3 saturated heterocycles. The first-order valence-electron chi connectivity index (χ1n) is 13.3. The van der Waals surface area contributed by atoms with E-state index in [1.165, 1.54) is 13.0 Å². The van der Waals surface area contributed by atoms with E-state index in [1.54, 1.807) is 0 Å². The topological polar surface area (TPSA) is 118 Å². The number of amides is 1. The Labute approximate surface area is 237 Å². The molecular weight excluding hydrogens is 566 g/mol. The number of halogens is 5. The zero-order valence-corrected chi connectivity index (χ0v) is 23.1. The number of carbonyl (C=O) groups is 1. The van der Waals surface area contributed by atoms with Gasteiger partial charge in [0, 0.05) is 37.0 Å². The molecule has 2 aromatic heterocycles. The molecule has 3 aliphatic heterocycles. The molecule has 1 aromatic carbocycles. The molecule has 1 amide bonds. The highest BCUT2D eigenvalue weighted by Crippen LogP contribution is 2.45. The van der Waals surface area contributed by atoms with Gasteiger partial charge in [-0.15, -0.1) is 0 Å². The smallest absolute Gasteiger partial charge is 0.418 e. The van der Waals surface area contributed by atoms with Gasteiger partial charge < -0.3 is 26.0 Å². The molecule has 3 aromatic rings. The second kappa shape index (κ2) is 9.83. The molecule has 0 aliphatic carbocycles. The Morgan fingerprint density at radius 1 is 1.20 bits per heavy atom. The lowest BCUT2D eigenvalue weighted by atomic mass is 9.99. The summed E-state index contributed by atoms with van der Waals surface area (Å²) >= 11 is 6.52. The first-order chi connectivity index (χ1) is 19.3. The number of aryl methyl sites for hydroxylation is 1. The second-order valence-electron chi connectivity index (χ2n) is 11.3. The molecule has 3 unspecified atom stereocenters. The van der Waals surface area contributed by atoms with Crippen molar-refractivity contribution in [1.29, 1.82) is 0 Å². The summed E-state index contributed by atoms with van der Waals surface area (Å²) in [5, 5.41) is 6.34. The van der Waals surface area contributed by atoms with Crippen LogP contribution in [-0.2, 0) is 11.0 Å². The monoisotopic (exact) mass is 593 g/mol. The fraction of sp³-hybridized carbons (Fsp3) is 0.481. The summed E-state index contributed by atoms with van der Waals surface area (Å²) in [5.74, 6) is -1.05. The van der Waals surface area contributed by atoms with Crippen molar-refractivity contribution in [2.75, 3.05) is 30.3 Å². The summed E-state index contributed by atoms with van der Waals surface area (Å²) in [6.45, 7) is 4.24. The number of ether oxygens (including phenoxy) is 1. The van der Waals surface area contributed by atoms with Gasteiger partial charge in [-0.1, -0.05) is 11.6 Å². The molecule has 6 rings (SSSR count). The normalized spacial score (nSPS) is 24.3. The molecule has 3 aliphatic rings. The van der Waals surface area contributed by atoms with E-state index in [9.17, 15) is 18.0 Å². The molecule has 0 saturated carbocycles. The van der Waals surface area contributed by atoms with Gasteiger partial charge in [0.05, 0.1) is 27.4 Å². The Morgan fingerprint density at radius 3 is 2.54 bits per heavy atom. The van der Waals surface area contributed by atoms with Crippen LogP contribution in [0.3, 0.4) is 0 Å². The van der Waals surface area contributed by atoms with Crippen LogP contribution in [0.2, 0.25) is 5.02 Å². The Morgan fingerprint density at radius 2 is 1.90 bits per heavy atom. The Kier molecular flexibility index (Phi) is 6.64. The van der Waals surface area contributed by atoms with Crippen LogP contribution in [0.4, 0.5) is 29.2 Å². The molecule has 5 heterocycles. The van der Waals surface area contributed by atoms with Crippen LogP contribution in [0.25, 0.3) is 22.2 Å². The maximum Gasteiger partial charge on any atom is 0.418 e. The molecule has 2 bridgehead atoms. The van der Waals surface area contributed by atoms with Gasteiger partial charge >= 0.3 is 12.2 Å². The van der Waals surface area contributed by atoms with Gasteiger partial charge in [0.25, 0.3) is 0 Å². The van der Waals surface area contributed by atoms with Gasteiger partial charge in [0.15, 0.2) is 5.82 Å². The summed E-state index contributed by atoms with van der Waals surface area (Å²) in [4.78, 5) is 26.6. The number of aromatic nitrogens is 3. The number of alkyl halides is 3. The van der Waals surface area contributed by atoms with Crippen molar-refractivity contribution in [3.8, 4) is 17.3 Å². The summed E-state index contributed by atoms with van der Waals surface area (Å²) < 4.78 is 64.7. The number of benzene rings is 1. The van der Waals surface area contributed by atoms with Crippen LogP contribution in [0, 0.1) is 12.7 Å². The average molecular weight is 594 g/mol. The number of nitrogens with zero attached hydrogens (tertiary/aromatic N) is 4. The highest BCUT2D eigenvalue weighted by atomic mass is 35.5. The maximum absolute atomic E-state index is 16.4. The quantitative estimate of drug-likeness (QED) is 0.373. The van der Waals surface area contributed by atoms with E-state index in [1.807, 2.05) is 11.8 Å². The van der Waals surface area contributed by atoms with E-state index >= 15 is 4.39 Å². The Balaban J connectivity index is 1.52. The molecule has 3 atom stereocenters. The van der Waals surface area contributed by atoms with Gasteiger partial charge in [-0.2, -0.15) is 23.1 Å². The average Bonchev–Trinajstić information content (AvgIpc) is 3.40. The van der Waals surface area contributed by atoms with Crippen LogP contribution in [0.1, 0.15) is 43.7 Å². The van der Waals surface area contributed by atoms with Gasteiger partial charge in [0.1, 0.15) is 23.8 Å². The van der Waals surface area contributed by atoms with Crippen LogP contribution < -0.4 is 26.0 Å². The van der Waals surface area contributed by atoms with Crippen LogP contribution in [0.15, 0.2) is 12.1 Å². The zero-order chi connectivity index (χ0) is 29.3. The van der Waals surface area contributed by atoms with Crippen molar-refractivity contribution in [2.24, 2.45) is 0 Å². The summed E-state index contributed by atoms with van der Waals surface area (Å²) in [6, 6.07) is 2.71. The minimum Gasteiger partial charge on any atom is -0.461 e. The largest absolute Gasteiger partial charge is 0.461 e. The molecule has 3 fully saturated rings. The predicted octanol–water partition coefficient (Wildman–Crippen LogP) is 4.38. The Bertz CT molecular complexity index is 1560. The Hall–Kier alpha value is -3.45. The van der Waals surface area contributed by atoms with E-state index in [0.29, 0.717) is 31.7 Å². The fourth-order valence-electron chi connectivity index (χ4n) is 6.07. The minimum absolute atomic E-state index is 0.0206. The molecule has 14 heteroatoms. The van der Waals surface area contributed by atoms with Gasteiger partial charge in [-0.3, -0.25) is 4.79 Å². The van der Waals surface area contributed by atoms with Crippen molar-refractivity contribution < 1.29 is 27.1 Å². The van der Waals surface area contributed by atoms with E-state index in [2.05, 4.69) is 25.6 Å². The van der Waals surface area contributed by atoms with E-state index in [4.69, 9.17) is 22.1 Å². The molecule has 41 heavy (non-hydrogen) atoms. The van der Waals surface area contributed by atoms with Gasteiger partial charge in [-0.05, 0) is 50.8 Å². The summed E-state index contributed by atoms with van der Waals surface area (Å²) in [6.07, 6.45) is -2.02. The number of rotatable bonds is 5. The lowest BCUT2D eigenvalue weighted by Gasteiger charge is -2.34. The van der Waals surface area contributed by atoms with Crippen LogP contribution in [-0.4, -0.2) is 58.2 Å².